The van der Waals surface area contributed by atoms with Crippen molar-refractivity contribution in [1.29, 1.82) is 0 Å². The number of furan rings is 1. The second-order valence-electron chi connectivity index (χ2n) is 8.60. The number of esters is 1. The van der Waals surface area contributed by atoms with Gasteiger partial charge >= 0.3 is 11.7 Å². The van der Waals surface area contributed by atoms with Gasteiger partial charge in [-0.05, 0) is 62.4 Å². The molecule has 0 amide bonds. The van der Waals surface area contributed by atoms with E-state index in [0.717, 1.165) is 4.68 Å². The Labute approximate surface area is 231 Å². The van der Waals surface area contributed by atoms with E-state index in [1.165, 1.54) is 31.3 Å². The highest BCUT2D eigenvalue weighted by Gasteiger charge is 2.23. The summed E-state index contributed by atoms with van der Waals surface area (Å²) in [7, 11) is 0. The topological polar surface area (TPSA) is 139 Å². The van der Waals surface area contributed by atoms with Crippen LogP contribution in [-0.2, 0) is 9.53 Å². The molecule has 3 aromatic carbocycles. The van der Waals surface area contributed by atoms with E-state index < -0.39 is 28.2 Å². The van der Waals surface area contributed by atoms with Crippen LogP contribution >= 0.6 is 11.6 Å². The van der Waals surface area contributed by atoms with Crippen LogP contribution in [0.15, 0.2) is 81.0 Å². The Kier molecular flexibility index (Phi) is 7.30. The number of nitrogens with zero attached hydrogens (tertiary/aromatic N) is 4. The summed E-state index contributed by atoms with van der Waals surface area (Å²) < 4.78 is 17.4. The molecule has 0 aliphatic heterocycles. The van der Waals surface area contributed by atoms with Gasteiger partial charge in [-0.15, -0.1) is 0 Å². The molecule has 0 bridgehead atoms. The van der Waals surface area contributed by atoms with Crippen LogP contribution in [-0.4, -0.2) is 39.5 Å². The number of nitro benzene ring substituents is 1. The van der Waals surface area contributed by atoms with Crippen molar-refractivity contribution in [3.8, 4) is 17.3 Å². The van der Waals surface area contributed by atoms with Gasteiger partial charge in [0.15, 0.2) is 17.6 Å². The zero-order valence-electron chi connectivity index (χ0n) is 21.2. The van der Waals surface area contributed by atoms with Gasteiger partial charge in [0.1, 0.15) is 5.58 Å². The second-order valence-corrected chi connectivity index (χ2v) is 9.04. The maximum Gasteiger partial charge on any atom is 0.347 e. The third-order valence-corrected chi connectivity index (χ3v) is 6.11. The SMILES string of the molecule is CCOC(=O)[C@H](C)Oc1ccc(C=Nn2c(-c3cc4cc(Cl)ccc4o3)nc3ccccc3c2=O)cc1[N+](=O)[O-]. The van der Waals surface area contributed by atoms with Gasteiger partial charge in [0, 0.05) is 22.0 Å². The number of nitro groups is 1. The Morgan fingerprint density at radius 2 is 2.00 bits per heavy atom. The van der Waals surface area contributed by atoms with Crippen molar-refractivity contribution < 1.29 is 23.6 Å². The number of halogens is 1. The Morgan fingerprint density at radius 3 is 2.77 bits per heavy atom. The molecular weight excluding hydrogens is 540 g/mol. The number of ether oxygens (including phenoxy) is 2. The van der Waals surface area contributed by atoms with Crippen LogP contribution in [0, 0.1) is 10.1 Å². The van der Waals surface area contributed by atoms with Crippen molar-refractivity contribution in [3.05, 3.63) is 97.8 Å². The molecule has 40 heavy (non-hydrogen) atoms. The highest BCUT2D eigenvalue weighted by Crippen LogP contribution is 2.30. The van der Waals surface area contributed by atoms with E-state index in [9.17, 15) is 19.7 Å². The fourth-order valence-corrected chi connectivity index (χ4v) is 4.17. The van der Waals surface area contributed by atoms with Gasteiger partial charge in [-0.2, -0.15) is 9.78 Å². The van der Waals surface area contributed by atoms with Crippen LogP contribution in [0.1, 0.15) is 19.4 Å². The molecule has 0 spiro atoms. The molecule has 5 rings (SSSR count). The number of aromatic nitrogens is 2. The van der Waals surface area contributed by atoms with Gasteiger partial charge in [0.05, 0.1) is 28.6 Å². The van der Waals surface area contributed by atoms with E-state index in [-0.39, 0.29) is 23.9 Å². The summed E-state index contributed by atoms with van der Waals surface area (Å²) in [6.45, 7) is 3.23. The van der Waals surface area contributed by atoms with E-state index in [1.807, 2.05) is 0 Å². The van der Waals surface area contributed by atoms with Crippen LogP contribution in [0.3, 0.4) is 0 Å². The normalized spacial score (nSPS) is 12.2. The van der Waals surface area contributed by atoms with Gasteiger partial charge in [-0.3, -0.25) is 14.9 Å². The van der Waals surface area contributed by atoms with Gasteiger partial charge in [0.2, 0.25) is 5.82 Å². The first-order valence-electron chi connectivity index (χ1n) is 12.1. The van der Waals surface area contributed by atoms with Crippen LogP contribution in [0.2, 0.25) is 5.02 Å². The molecule has 0 aliphatic carbocycles. The third-order valence-electron chi connectivity index (χ3n) is 5.88. The summed E-state index contributed by atoms with van der Waals surface area (Å²) in [5.41, 5.74) is 0.428. The summed E-state index contributed by atoms with van der Waals surface area (Å²) in [6, 6.07) is 17.7. The van der Waals surface area contributed by atoms with Gasteiger partial charge in [-0.1, -0.05) is 23.7 Å². The first kappa shape index (κ1) is 26.6. The van der Waals surface area contributed by atoms with E-state index in [2.05, 4.69) is 10.1 Å². The molecule has 0 saturated carbocycles. The first-order chi connectivity index (χ1) is 19.2. The van der Waals surface area contributed by atoms with Crippen molar-refractivity contribution in [2.24, 2.45) is 5.10 Å². The largest absolute Gasteiger partial charge is 0.472 e. The Morgan fingerprint density at radius 1 is 1.20 bits per heavy atom. The zero-order valence-corrected chi connectivity index (χ0v) is 22.0. The lowest BCUT2D eigenvalue weighted by molar-refractivity contribution is -0.386. The molecule has 11 nitrogen and oxygen atoms in total. The minimum absolute atomic E-state index is 0.117. The molecule has 0 saturated heterocycles. The van der Waals surface area contributed by atoms with Crippen molar-refractivity contribution in [2.75, 3.05) is 6.61 Å². The number of carbonyl (C=O) groups excluding carboxylic acids is 1. The lowest BCUT2D eigenvalue weighted by atomic mass is 10.2. The molecule has 0 fully saturated rings. The molecule has 0 unspecified atom stereocenters. The quantitative estimate of drug-likeness (QED) is 0.104. The third kappa shape index (κ3) is 5.27. The Bertz CT molecular complexity index is 1860. The van der Waals surface area contributed by atoms with E-state index in [1.54, 1.807) is 55.5 Å². The number of fused-ring (bicyclic) bond motifs is 2. The lowest BCUT2D eigenvalue weighted by Crippen LogP contribution is -2.26. The zero-order chi connectivity index (χ0) is 28.4. The minimum Gasteiger partial charge on any atom is -0.472 e. The van der Waals surface area contributed by atoms with E-state index in [0.29, 0.717) is 32.5 Å². The number of hydrogen-bond acceptors (Lipinski definition) is 9. The maximum atomic E-state index is 13.5. The maximum absolute atomic E-state index is 13.5. The number of benzene rings is 3. The Balaban J connectivity index is 1.57. The summed E-state index contributed by atoms with van der Waals surface area (Å²) in [5.74, 6) is -0.357. The Hall–Kier alpha value is -5.03. The highest BCUT2D eigenvalue weighted by atomic mass is 35.5. The monoisotopic (exact) mass is 560 g/mol. The molecule has 0 N–H and O–H groups in total. The van der Waals surface area contributed by atoms with Crippen LogP contribution in [0.25, 0.3) is 33.5 Å². The first-order valence-corrected chi connectivity index (χ1v) is 12.5. The lowest BCUT2D eigenvalue weighted by Gasteiger charge is -2.13. The van der Waals surface area contributed by atoms with Crippen LogP contribution < -0.4 is 10.3 Å². The van der Waals surface area contributed by atoms with Crippen molar-refractivity contribution in [2.45, 2.75) is 20.0 Å². The molecule has 2 heterocycles. The molecule has 1 atom stereocenters. The summed E-state index contributed by atoms with van der Waals surface area (Å²) in [6.07, 6.45) is 0.230. The number of carbonyl (C=O) groups is 1. The standard InChI is InChI=1S/C28H21ClN4O7/c1-3-38-28(35)16(2)39-24-10-8-17(12-22(24)33(36)37)15-30-32-26(31-21-7-5-4-6-20(21)27(32)34)25-14-18-13-19(29)9-11-23(18)40-25/h4-16H,3H2,1-2H3/t16-/m0/s1. The van der Waals surface area contributed by atoms with E-state index in [4.69, 9.17) is 25.5 Å². The molecular formula is C28H21ClN4O7. The van der Waals surface area contributed by atoms with Crippen LogP contribution in [0.4, 0.5) is 5.69 Å². The average molecular weight is 561 g/mol. The molecule has 0 radical (unpaired) electrons. The summed E-state index contributed by atoms with van der Waals surface area (Å²) in [5, 5.41) is 17.6. The van der Waals surface area contributed by atoms with Crippen molar-refractivity contribution in [1.82, 2.24) is 9.66 Å². The summed E-state index contributed by atoms with van der Waals surface area (Å²) >= 11 is 6.11. The number of rotatable bonds is 8. The predicted molar refractivity (Wildman–Crippen MR) is 149 cm³/mol. The van der Waals surface area contributed by atoms with Crippen molar-refractivity contribution in [3.63, 3.8) is 0 Å². The molecule has 12 heteroatoms. The fourth-order valence-electron chi connectivity index (χ4n) is 3.99. The average Bonchev–Trinajstić information content (AvgIpc) is 3.36. The number of hydrogen-bond donors (Lipinski definition) is 0. The molecule has 0 aliphatic rings. The van der Waals surface area contributed by atoms with Gasteiger partial charge < -0.3 is 13.9 Å². The number of para-hydroxylation sites is 1. The van der Waals surface area contributed by atoms with Gasteiger partial charge in [-0.25, -0.2) is 9.78 Å². The van der Waals surface area contributed by atoms with Gasteiger partial charge in [0.25, 0.3) is 5.56 Å². The van der Waals surface area contributed by atoms with Crippen LogP contribution in [0.5, 0.6) is 5.75 Å². The smallest absolute Gasteiger partial charge is 0.347 e. The minimum atomic E-state index is -1.05. The molecule has 5 aromatic rings. The second kappa shape index (κ2) is 11.0. The molecule has 2 aromatic heterocycles. The fraction of sp³-hybridized carbons (Fsp3) is 0.143. The van der Waals surface area contributed by atoms with Crippen molar-refractivity contribution >= 4 is 51.3 Å². The molecule has 202 valence electrons. The van der Waals surface area contributed by atoms with E-state index >= 15 is 0 Å². The summed E-state index contributed by atoms with van der Waals surface area (Å²) in [4.78, 5) is 41.1. The highest BCUT2D eigenvalue weighted by molar-refractivity contribution is 6.31. The predicted octanol–water partition coefficient (Wildman–Crippen LogP) is 5.58.